The van der Waals surface area contributed by atoms with Gasteiger partial charge in [0.15, 0.2) is 0 Å². The minimum Gasteiger partial charge on any atom is -0.495 e. The summed E-state index contributed by atoms with van der Waals surface area (Å²) in [6.07, 6.45) is 1.42. The first kappa shape index (κ1) is 18.0. The zero-order valence-electron chi connectivity index (χ0n) is 14.0. The molecule has 2 aromatic rings. The average molecular weight is 341 g/mol. The number of nitrogens with zero attached hydrogens (tertiary/aromatic N) is 1. The molecule has 0 heterocycles. The molecule has 7 nitrogen and oxygen atoms in total. The highest BCUT2D eigenvalue weighted by Gasteiger charge is 2.14. The molecule has 0 saturated heterocycles. The van der Waals surface area contributed by atoms with E-state index in [-0.39, 0.29) is 0 Å². The molecular weight excluding hydrogens is 322 g/mol. The molecule has 2 aromatic carbocycles. The molecule has 130 valence electrons. The minimum absolute atomic E-state index is 0.399. The van der Waals surface area contributed by atoms with Gasteiger partial charge >= 0.3 is 11.8 Å². The summed E-state index contributed by atoms with van der Waals surface area (Å²) in [4.78, 5) is 23.8. The number of nitrogens with one attached hydrogen (secondary N) is 2. The summed E-state index contributed by atoms with van der Waals surface area (Å²) in [6, 6.07) is 14.0. The highest BCUT2D eigenvalue weighted by Crippen LogP contribution is 2.22. The van der Waals surface area contributed by atoms with Crippen LogP contribution in [0.2, 0.25) is 0 Å². The first-order chi connectivity index (χ1) is 12.2. The van der Waals surface area contributed by atoms with E-state index in [0.717, 1.165) is 0 Å². The van der Waals surface area contributed by atoms with Gasteiger partial charge in [-0.1, -0.05) is 24.3 Å². The lowest BCUT2D eigenvalue weighted by Crippen LogP contribution is -2.32. The summed E-state index contributed by atoms with van der Waals surface area (Å²) in [5.74, 6) is -0.643. The fourth-order valence-corrected chi connectivity index (χ4v) is 2.01. The number of amides is 2. The fraction of sp³-hybridized carbons (Fsp3) is 0.167. The standard InChI is InChI=1S/C18H19N3O4/c1-3-25-15-10-6-4-8-13(15)12-19-21-18(23)17(22)20-14-9-5-7-11-16(14)24-2/h4-12H,3H2,1-2H3,(H,20,22)(H,21,23)/b19-12-. The van der Waals surface area contributed by atoms with E-state index in [2.05, 4.69) is 15.8 Å². The third-order valence-corrected chi connectivity index (χ3v) is 3.15. The van der Waals surface area contributed by atoms with E-state index in [4.69, 9.17) is 9.47 Å². The van der Waals surface area contributed by atoms with Crippen LogP contribution in [0.3, 0.4) is 0 Å². The van der Waals surface area contributed by atoms with E-state index in [1.807, 2.05) is 19.1 Å². The van der Waals surface area contributed by atoms with Crippen molar-refractivity contribution >= 4 is 23.7 Å². The number of carbonyl (C=O) groups is 2. The molecule has 25 heavy (non-hydrogen) atoms. The van der Waals surface area contributed by atoms with Crippen LogP contribution in [-0.4, -0.2) is 31.7 Å². The monoisotopic (exact) mass is 341 g/mol. The van der Waals surface area contributed by atoms with Crippen LogP contribution in [0.4, 0.5) is 5.69 Å². The number of anilines is 1. The van der Waals surface area contributed by atoms with Crippen molar-refractivity contribution in [1.82, 2.24) is 5.43 Å². The maximum absolute atomic E-state index is 11.9. The highest BCUT2D eigenvalue weighted by molar-refractivity contribution is 6.39. The number of rotatable bonds is 6. The van der Waals surface area contributed by atoms with E-state index < -0.39 is 11.8 Å². The van der Waals surface area contributed by atoms with E-state index in [1.165, 1.54) is 13.3 Å². The Bertz CT molecular complexity index is 774. The molecule has 2 N–H and O–H groups in total. The third-order valence-electron chi connectivity index (χ3n) is 3.15. The summed E-state index contributed by atoms with van der Waals surface area (Å²) in [7, 11) is 1.48. The quantitative estimate of drug-likeness (QED) is 0.479. The Kier molecular flexibility index (Phi) is 6.53. The van der Waals surface area contributed by atoms with Crippen molar-refractivity contribution in [3.63, 3.8) is 0 Å². The van der Waals surface area contributed by atoms with Gasteiger partial charge in [-0.2, -0.15) is 5.10 Å². The Morgan fingerprint density at radius 1 is 1.04 bits per heavy atom. The average Bonchev–Trinajstić information content (AvgIpc) is 2.63. The number of para-hydroxylation sites is 3. The molecule has 0 unspecified atom stereocenters. The molecule has 0 bridgehead atoms. The van der Waals surface area contributed by atoms with E-state index in [1.54, 1.807) is 36.4 Å². The van der Waals surface area contributed by atoms with Gasteiger partial charge in [0.05, 0.1) is 25.6 Å². The van der Waals surface area contributed by atoms with Crippen LogP contribution in [0.25, 0.3) is 0 Å². The molecule has 0 spiro atoms. The predicted molar refractivity (Wildman–Crippen MR) is 95.0 cm³/mol. The Hall–Kier alpha value is -3.35. The molecule has 0 aromatic heterocycles. The molecule has 7 heteroatoms. The van der Waals surface area contributed by atoms with Crippen molar-refractivity contribution in [1.29, 1.82) is 0 Å². The van der Waals surface area contributed by atoms with Gasteiger partial charge in [-0.25, -0.2) is 5.43 Å². The van der Waals surface area contributed by atoms with Gasteiger partial charge in [0.25, 0.3) is 0 Å². The van der Waals surface area contributed by atoms with Crippen molar-refractivity contribution in [3.05, 3.63) is 54.1 Å². The SMILES string of the molecule is CCOc1ccccc1/C=N\NC(=O)C(=O)Nc1ccccc1OC. The molecule has 0 atom stereocenters. The van der Waals surface area contributed by atoms with E-state index >= 15 is 0 Å². The van der Waals surface area contributed by atoms with Crippen LogP contribution in [0.1, 0.15) is 12.5 Å². The molecule has 0 fully saturated rings. The van der Waals surface area contributed by atoms with Gasteiger partial charge in [-0.3, -0.25) is 9.59 Å². The number of ether oxygens (including phenoxy) is 2. The molecule has 0 radical (unpaired) electrons. The molecular formula is C18H19N3O4. The van der Waals surface area contributed by atoms with Gasteiger partial charge in [-0.15, -0.1) is 0 Å². The van der Waals surface area contributed by atoms with Gasteiger partial charge in [0, 0.05) is 5.56 Å². The van der Waals surface area contributed by atoms with Crippen LogP contribution in [0.5, 0.6) is 11.5 Å². The third kappa shape index (κ3) is 5.07. The van der Waals surface area contributed by atoms with E-state index in [0.29, 0.717) is 29.4 Å². The molecule has 0 aliphatic heterocycles. The first-order valence-corrected chi connectivity index (χ1v) is 7.65. The Morgan fingerprint density at radius 2 is 1.72 bits per heavy atom. The largest absolute Gasteiger partial charge is 0.495 e. The van der Waals surface area contributed by atoms with Crippen molar-refractivity contribution < 1.29 is 19.1 Å². The maximum Gasteiger partial charge on any atom is 0.329 e. The minimum atomic E-state index is -0.893. The second-order valence-corrected chi connectivity index (χ2v) is 4.82. The summed E-state index contributed by atoms with van der Waals surface area (Å²) < 4.78 is 10.6. The van der Waals surface area contributed by atoms with Crippen LogP contribution in [-0.2, 0) is 9.59 Å². The fourth-order valence-electron chi connectivity index (χ4n) is 2.01. The molecule has 2 rings (SSSR count). The Morgan fingerprint density at radius 3 is 2.44 bits per heavy atom. The van der Waals surface area contributed by atoms with Crippen LogP contribution >= 0.6 is 0 Å². The van der Waals surface area contributed by atoms with Gasteiger partial charge in [0.2, 0.25) is 0 Å². The lowest BCUT2D eigenvalue weighted by Gasteiger charge is -2.08. The van der Waals surface area contributed by atoms with Gasteiger partial charge in [0.1, 0.15) is 11.5 Å². The first-order valence-electron chi connectivity index (χ1n) is 7.65. The normalized spacial score (nSPS) is 10.3. The number of hydrazone groups is 1. The number of hydrogen-bond acceptors (Lipinski definition) is 5. The molecule has 0 aliphatic rings. The number of benzene rings is 2. The second kappa shape index (κ2) is 9.07. The zero-order chi connectivity index (χ0) is 18.1. The lowest BCUT2D eigenvalue weighted by atomic mass is 10.2. The number of carbonyl (C=O) groups excluding carboxylic acids is 2. The smallest absolute Gasteiger partial charge is 0.329 e. The summed E-state index contributed by atoms with van der Waals surface area (Å²) in [5.41, 5.74) is 3.27. The Labute approximate surface area is 145 Å². The van der Waals surface area contributed by atoms with Gasteiger partial charge < -0.3 is 14.8 Å². The summed E-state index contributed by atoms with van der Waals surface area (Å²) >= 11 is 0. The lowest BCUT2D eigenvalue weighted by molar-refractivity contribution is -0.136. The topological polar surface area (TPSA) is 89.0 Å². The highest BCUT2D eigenvalue weighted by atomic mass is 16.5. The number of methoxy groups -OCH3 is 1. The van der Waals surface area contributed by atoms with Crippen molar-refractivity contribution in [2.24, 2.45) is 5.10 Å². The van der Waals surface area contributed by atoms with E-state index in [9.17, 15) is 9.59 Å². The van der Waals surface area contributed by atoms with Crippen molar-refractivity contribution in [2.45, 2.75) is 6.92 Å². The molecule has 2 amide bonds. The summed E-state index contributed by atoms with van der Waals surface area (Å²) in [5, 5.41) is 6.26. The van der Waals surface area contributed by atoms with Crippen LogP contribution in [0.15, 0.2) is 53.6 Å². The number of hydrogen-bond donors (Lipinski definition) is 2. The van der Waals surface area contributed by atoms with Crippen molar-refractivity contribution in [2.75, 3.05) is 19.0 Å². The second-order valence-electron chi connectivity index (χ2n) is 4.82. The predicted octanol–water partition coefficient (Wildman–Crippen LogP) is 2.18. The van der Waals surface area contributed by atoms with Crippen LogP contribution in [0, 0.1) is 0 Å². The maximum atomic E-state index is 11.9. The summed E-state index contributed by atoms with van der Waals surface area (Å²) in [6.45, 7) is 2.39. The molecule has 0 aliphatic carbocycles. The van der Waals surface area contributed by atoms with Crippen LogP contribution < -0.4 is 20.2 Å². The molecule has 0 saturated carbocycles. The Balaban J connectivity index is 1.97. The van der Waals surface area contributed by atoms with Crippen molar-refractivity contribution in [3.8, 4) is 11.5 Å². The van der Waals surface area contributed by atoms with Gasteiger partial charge in [-0.05, 0) is 31.2 Å². The zero-order valence-corrected chi connectivity index (χ0v) is 14.0.